The Hall–Kier alpha value is -2.34. The van der Waals surface area contributed by atoms with E-state index in [2.05, 4.69) is 4.98 Å². The van der Waals surface area contributed by atoms with Crippen LogP contribution in [0.3, 0.4) is 0 Å². The van der Waals surface area contributed by atoms with Crippen molar-refractivity contribution in [2.24, 2.45) is 0 Å². The summed E-state index contributed by atoms with van der Waals surface area (Å²) in [7, 11) is 1.60. The van der Waals surface area contributed by atoms with Crippen molar-refractivity contribution in [2.75, 3.05) is 7.11 Å². The van der Waals surface area contributed by atoms with Gasteiger partial charge in [0.2, 0.25) is 0 Å². The summed E-state index contributed by atoms with van der Waals surface area (Å²) in [5.74, 6) is -0.185. The number of ether oxygens (including phenoxy) is 1. The van der Waals surface area contributed by atoms with Crippen LogP contribution in [0.2, 0.25) is 0 Å². The van der Waals surface area contributed by atoms with Gasteiger partial charge in [0.15, 0.2) is 4.96 Å². The van der Waals surface area contributed by atoms with Crippen LogP contribution in [0.4, 0.5) is 0 Å². The van der Waals surface area contributed by atoms with E-state index in [9.17, 15) is 9.90 Å². The van der Waals surface area contributed by atoms with E-state index in [0.717, 1.165) is 21.1 Å². The van der Waals surface area contributed by atoms with Crippen LogP contribution in [0.15, 0.2) is 24.3 Å². The van der Waals surface area contributed by atoms with E-state index in [0.29, 0.717) is 17.1 Å². The van der Waals surface area contributed by atoms with E-state index >= 15 is 0 Å². The van der Waals surface area contributed by atoms with Gasteiger partial charge < -0.3 is 9.84 Å². The molecule has 0 aliphatic heterocycles. The largest absolute Gasteiger partial charge is 0.496 e. The molecule has 0 unspecified atom stereocenters. The molecule has 2 heterocycles. The van der Waals surface area contributed by atoms with E-state index < -0.39 is 5.97 Å². The summed E-state index contributed by atoms with van der Waals surface area (Å²) in [6, 6.07) is 7.53. The lowest BCUT2D eigenvalue weighted by atomic mass is 10.1. The molecule has 3 aromatic rings. The number of carbonyl (C=O) groups is 1. The molecule has 0 aliphatic carbocycles. The Morgan fingerprint density at radius 3 is 2.77 bits per heavy atom. The number of methoxy groups -OCH3 is 1. The average molecular weight is 316 g/mol. The van der Waals surface area contributed by atoms with Crippen LogP contribution < -0.4 is 4.74 Å². The molecule has 0 bridgehead atoms. The van der Waals surface area contributed by atoms with Gasteiger partial charge in [0.05, 0.1) is 24.9 Å². The number of nitrogens with zero attached hydrogens (tertiary/aromatic N) is 2. The summed E-state index contributed by atoms with van der Waals surface area (Å²) >= 11 is 1.57. The van der Waals surface area contributed by atoms with Gasteiger partial charge in [0, 0.05) is 16.1 Å². The third-order valence-corrected chi connectivity index (χ3v) is 4.77. The SMILES string of the molecule is COc1ccccc1-c1nc2sc(C)c(C)n2c1CC(=O)O. The number of para-hydroxylation sites is 1. The lowest BCUT2D eigenvalue weighted by Crippen LogP contribution is -2.05. The third kappa shape index (κ3) is 2.25. The van der Waals surface area contributed by atoms with E-state index in [-0.39, 0.29) is 6.42 Å². The van der Waals surface area contributed by atoms with Crippen molar-refractivity contribution >= 4 is 22.3 Å². The molecule has 0 amide bonds. The molecule has 0 saturated heterocycles. The smallest absolute Gasteiger partial charge is 0.309 e. The molecule has 0 fully saturated rings. The van der Waals surface area contributed by atoms with Crippen molar-refractivity contribution in [2.45, 2.75) is 20.3 Å². The highest BCUT2D eigenvalue weighted by Crippen LogP contribution is 2.35. The van der Waals surface area contributed by atoms with Gasteiger partial charge in [0.25, 0.3) is 0 Å². The number of fused-ring (bicyclic) bond motifs is 1. The zero-order valence-corrected chi connectivity index (χ0v) is 13.4. The van der Waals surface area contributed by atoms with Gasteiger partial charge in [-0.05, 0) is 26.0 Å². The van der Waals surface area contributed by atoms with Crippen LogP contribution in [0, 0.1) is 13.8 Å². The predicted octanol–water partition coefficient (Wildman–Crippen LogP) is 3.32. The standard InChI is InChI=1S/C16H16N2O3S/c1-9-10(2)22-16-17-15(12(18(9)16)8-14(19)20)11-6-4-5-7-13(11)21-3/h4-7H,8H2,1-3H3,(H,19,20). The third-order valence-electron chi connectivity index (χ3n) is 3.71. The van der Waals surface area contributed by atoms with Gasteiger partial charge in [-0.15, -0.1) is 11.3 Å². The first kappa shape index (κ1) is 14.6. The quantitative estimate of drug-likeness (QED) is 0.802. The normalized spacial score (nSPS) is 11.0. The Bertz CT molecular complexity index is 864. The minimum Gasteiger partial charge on any atom is -0.496 e. The van der Waals surface area contributed by atoms with Crippen LogP contribution >= 0.6 is 11.3 Å². The van der Waals surface area contributed by atoms with Crippen molar-refractivity contribution < 1.29 is 14.6 Å². The Balaban J connectivity index is 2.31. The van der Waals surface area contributed by atoms with Crippen LogP contribution in [0.25, 0.3) is 16.2 Å². The van der Waals surface area contributed by atoms with E-state index in [1.54, 1.807) is 18.4 Å². The summed E-state index contributed by atoms with van der Waals surface area (Å²) in [5.41, 5.74) is 3.21. The van der Waals surface area contributed by atoms with Crippen molar-refractivity contribution in [3.05, 3.63) is 40.5 Å². The van der Waals surface area contributed by atoms with E-state index in [1.807, 2.05) is 42.5 Å². The molecule has 0 spiro atoms. The molecule has 22 heavy (non-hydrogen) atoms. The maximum absolute atomic E-state index is 11.3. The zero-order valence-electron chi connectivity index (χ0n) is 12.6. The van der Waals surface area contributed by atoms with E-state index in [1.165, 1.54) is 0 Å². The van der Waals surface area contributed by atoms with Crippen molar-refractivity contribution in [1.82, 2.24) is 9.38 Å². The van der Waals surface area contributed by atoms with E-state index in [4.69, 9.17) is 4.74 Å². The number of aliphatic carboxylic acids is 1. The molecule has 2 aromatic heterocycles. The predicted molar refractivity (Wildman–Crippen MR) is 85.9 cm³/mol. The number of rotatable bonds is 4. The van der Waals surface area contributed by atoms with Crippen molar-refractivity contribution in [3.63, 3.8) is 0 Å². The monoisotopic (exact) mass is 316 g/mol. The fourth-order valence-corrected chi connectivity index (χ4v) is 3.56. The summed E-state index contributed by atoms with van der Waals surface area (Å²) < 4.78 is 7.33. The number of hydrogen-bond donors (Lipinski definition) is 1. The first-order valence-corrected chi connectivity index (χ1v) is 7.67. The number of carboxylic acid groups (broad SMARTS) is 1. The topological polar surface area (TPSA) is 63.8 Å². The summed E-state index contributed by atoms with van der Waals surface area (Å²) in [4.78, 5) is 17.9. The second-order valence-corrected chi connectivity index (χ2v) is 6.22. The van der Waals surface area contributed by atoms with Crippen molar-refractivity contribution in [3.8, 4) is 17.0 Å². The second kappa shape index (κ2) is 5.46. The Morgan fingerprint density at radius 1 is 1.36 bits per heavy atom. The van der Waals surface area contributed by atoms with Gasteiger partial charge in [-0.1, -0.05) is 12.1 Å². The molecule has 5 nitrogen and oxygen atoms in total. The molecular formula is C16H16N2O3S. The molecule has 114 valence electrons. The van der Waals surface area contributed by atoms with Crippen LogP contribution in [0.1, 0.15) is 16.3 Å². The molecule has 0 atom stereocenters. The Morgan fingerprint density at radius 2 is 2.09 bits per heavy atom. The van der Waals surface area contributed by atoms with Gasteiger partial charge in [-0.2, -0.15) is 0 Å². The lowest BCUT2D eigenvalue weighted by molar-refractivity contribution is -0.136. The minimum atomic E-state index is -0.874. The second-order valence-electron chi connectivity index (χ2n) is 5.04. The van der Waals surface area contributed by atoms with Gasteiger partial charge in [0.1, 0.15) is 5.75 Å². The lowest BCUT2D eigenvalue weighted by Gasteiger charge is -2.08. The highest BCUT2D eigenvalue weighted by atomic mass is 32.1. The molecule has 1 N–H and O–H groups in total. The van der Waals surface area contributed by atoms with Crippen molar-refractivity contribution in [1.29, 1.82) is 0 Å². The maximum Gasteiger partial charge on any atom is 0.309 e. The molecule has 6 heteroatoms. The van der Waals surface area contributed by atoms with Crippen LogP contribution in [0.5, 0.6) is 5.75 Å². The van der Waals surface area contributed by atoms with Gasteiger partial charge in [-0.25, -0.2) is 4.98 Å². The number of aryl methyl sites for hydroxylation is 2. The zero-order chi connectivity index (χ0) is 15.9. The first-order chi connectivity index (χ1) is 10.5. The minimum absolute atomic E-state index is 0.0778. The fraction of sp³-hybridized carbons (Fsp3) is 0.250. The molecule has 3 rings (SSSR count). The molecule has 0 aliphatic rings. The Labute approximate surface area is 131 Å². The van der Waals surface area contributed by atoms with Gasteiger partial charge in [-0.3, -0.25) is 9.20 Å². The number of imidazole rings is 1. The average Bonchev–Trinajstić information content (AvgIpc) is 2.96. The molecule has 1 aromatic carbocycles. The summed E-state index contributed by atoms with van der Waals surface area (Å²) in [6.07, 6.45) is -0.0778. The number of benzene rings is 1. The summed E-state index contributed by atoms with van der Waals surface area (Å²) in [5, 5.41) is 9.27. The van der Waals surface area contributed by atoms with Gasteiger partial charge >= 0.3 is 5.97 Å². The molecular weight excluding hydrogens is 300 g/mol. The number of thiazole rings is 1. The number of aromatic nitrogens is 2. The summed E-state index contributed by atoms with van der Waals surface area (Å²) in [6.45, 7) is 4.00. The highest BCUT2D eigenvalue weighted by Gasteiger charge is 2.22. The van der Waals surface area contributed by atoms with Crippen LogP contribution in [-0.2, 0) is 11.2 Å². The molecule has 0 saturated carbocycles. The first-order valence-electron chi connectivity index (χ1n) is 6.85. The Kier molecular flexibility index (Phi) is 3.62. The highest BCUT2D eigenvalue weighted by molar-refractivity contribution is 7.17. The fourth-order valence-electron chi connectivity index (χ4n) is 2.58. The maximum atomic E-state index is 11.3. The van der Waals surface area contributed by atoms with Crippen LogP contribution in [-0.4, -0.2) is 27.6 Å². The number of carboxylic acids is 1. The number of hydrogen-bond acceptors (Lipinski definition) is 4. The molecule has 0 radical (unpaired) electrons.